The quantitative estimate of drug-likeness (QED) is 0.920. The van der Waals surface area contributed by atoms with Gasteiger partial charge in [0.05, 0.1) is 11.6 Å². The number of nitrogens with one attached hydrogen (secondary N) is 1. The van der Waals surface area contributed by atoms with E-state index in [0.29, 0.717) is 28.3 Å². The highest BCUT2D eigenvalue weighted by Gasteiger charge is 2.22. The number of hydrogen-bond acceptors (Lipinski definition) is 3. The second-order valence-corrected chi connectivity index (χ2v) is 6.72. The van der Waals surface area contributed by atoms with E-state index in [-0.39, 0.29) is 11.8 Å². The van der Waals surface area contributed by atoms with Gasteiger partial charge in [0, 0.05) is 29.9 Å². The first kappa shape index (κ1) is 17.7. The van der Waals surface area contributed by atoms with Gasteiger partial charge in [0.15, 0.2) is 0 Å². The standard InChI is InChI=1S/C21H21N3O2/c1-15-4-3-11-24(14-15)21(26)18-6-2-5-17(12-18)20(25)23-19-9-7-16(13-22)8-10-19/h2,5-10,12,15H,3-4,11,14H2,1H3,(H,23,25). The molecule has 2 aromatic carbocycles. The Morgan fingerprint density at radius 2 is 1.88 bits per heavy atom. The maximum absolute atomic E-state index is 12.7. The summed E-state index contributed by atoms with van der Waals surface area (Å²) in [4.78, 5) is 27.1. The number of amides is 2. The van der Waals surface area contributed by atoms with Crippen LogP contribution in [0.4, 0.5) is 5.69 Å². The number of hydrogen-bond donors (Lipinski definition) is 1. The molecule has 1 fully saturated rings. The molecule has 1 saturated heterocycles. The first-order valence-corrected chi connectivity index (χ1v) is 8.77. The lowest BCUT2D eigenvalue weighted by atomic mass is 9.99. The van der Waals surface area contributed by atoms with Crippen LogP contribution in [0.1, 0.15) is 46.0 Å². The van der Waals surface area contributed by atoms with Crippen LogP contribution in [0.5, 0.6) is 0 Å². The predicted molar refractivity (Wildman–Crippen MR) is 99.9 cm³/mol. The lowest BCUT2D eigenvalue weighted by Crippen LogP contribution is -2.39. The summed E-state index contributed by atoms with van der Waals surface area (Å²) in [6.07, 6.45) is 2.17. The van der Waals surface area contributed by atoms with Gasteiger partial charge in [0.25, 0.3) is 11.8 Å². The second-order valence-electron chi connectivity index (χ2n) is 6.72. The first-order valence-electron chi connectivity index (χ1n) is 8.77. The molecule has 132 valence electrons. The minimum Gasteiger partial charge on any atom is -0.338 e. The SMILES string of the molecule is CC1CCCN(C(=O)c2cccc(C(=O)Nc3ccc(C#N)cc3)c2)C1. The molecule has 1 atom stereocenters. The van der Waals surface area contributed by atoms with Gasteiger partial charge in [-0.1, -0.05) is 13.0 Å². The average molecular weight is 347 g/mol. The molecule has 0 aromatic heterocycles. The highest BCUT2D eigenvalue weighted by atomic mass is 16.2. The molecule has 1 N–H and O–H groups in total. The number of carbonyl (C=O) groups is 2. The molecule has 2 amide bonds. The molecule has 2 aromatic rings. The zero-order valence-corrected chi connectivity index (χ0v) is 14.7. The van der Waals surface area contributed by atoms with E-state index in [2.05, 4.69) is 12.2 Å². The predicted octanol–water partition coefficient (Wildman–Crippen LogP) is 3.68. The van der Waals surface area contributed by atoms with E-state index < -0.39 is 0 Å². The van der Waals surface area contributed by atoms with Crippen LogP contribution >= 0.6 is 0 Å². The fraction of sp³-hybridized carbons (Fsp3) is 0.286. The van der Waals surface area contributed by atoms with E-state index in [4.69, 9.17) is 5.26 Å². The van der Waals surface area contributed by atoms with Gasteiger partial charge < -0.3 is 10.2 Å². The van der Waals surface area contributed by atoms with Crippen molar-refractivity contribution in [2.45, 2.75) is 19.8 Å². The topological polar surface area (TPSA) is 73.2 Å². The summed E-state index contributed by atoms with van der Waals surface area (Å²) in [5, 5.41) is 11.6. The first-order chi connectivity index (χ1) is 12.6. The number of anilines is 1. The summed E-state index contributed by atoms with van der Waals surface area (Å²) in [6, 6.07) is 15.5. The van der Waals surface area contributed by atoms with Crippen LogP contribution in [0.15, 0.2) is 48.5 Å². The Kier molecular flexibility index (Phi) is 5.33. The Bertz CT molecular complexity index is 852. The third kappa shape index (κ3) is 4.09. The third-order valence-corrected chi connectivity index (χ3v) is 4.59. The summed E-state index contributed by atoms with van der Waals surface area (Å²) in [5.74, 6) is 0.205. The molecule has 0 saturated carbocycles. The Morgan fingerprint density at radius 3 is 2.58 bits per heavy atom. The van der Waals surface area contributed by atoms with Crippen LogP contribution in [-0.4, -0.2) is 29.8 Å². The van der Waals surface area contributed by atoms with Gasteiger partial charge in [0.2, 0.25) is 0 Å². The van der Waals surface area contributed by atoms with Crippen LogP contribution in [-0.2, 0) is 0 Å². The van der Waals surface area contributed by atoms with E-state index >= 15 is 0 Å². The Labute approximate surface area is 153 Å². The molecular weight excluding hydrogens is 326 g/mol. The Hall–Kier alpha value is -3.13. The van der Waals surface area contributed by atoms with Crippen LogP contribution in [0.25, 0.3) is 0 Å². The maximum Gasteiger partial charge on any atom is 0.255 e. The number of nitrogens with zero attached hydrogens (tertiary/aromatic N) is 2. The summed E-state index contributed by atoms with van der Waals surface area (Å²) in [5.41, 5.74) is 2.11. The summed E-state index contributed by atoms with van der Waals surface area (Å²) < 4.78 is 0. The zero-order chi connectivity index (χ0) is 18.5. The lowest BCUT2D eigenvalue weighted by molar-refractivity contribution is 0.0683. The zero-order valence-electron chi connectivity index (χ0n) is 14.7. The van der Waals surface area contributed by atoms with Gasteiger partial charge in [0.1, 0.15) is 0 Å². The fourth-order valence-corrected chi connectivity index (χ4v) is 3.18. The number of benzene rings is 2. The molecule has 1 unspecified atom stereocenters. The van der Waals surface area contributed by atoms with Crippen molar-refractivity contribution >= 4 is 17.5 Å². The second kappa shape index (κ2) is 7.83. The molecule has 1 aliphatic heterocycles. The number of nitriles is 1. The van der Waals surface area contributed by atoms with E-state index in [1.54, 1.807) is 48.5 Å². The van der Waals surface area contributed by atoms with Gasteiger partial charge >= 0.3 is 0 Å². The van der Waals surface area contributed by atoms with E-state index in [9.17, 15) is 9.59 Å². The van der Waals surface area contributed by atoms with Gasteiger partial charge in [-0.3, -0.25) is 9.59 Å². The number of piperidine rings is 1. The van der Waals surface area contributed by atoms with Gasteiger partial charge in [-0.05, 0) is 61.2 Å². The molecule has 1 heterocycles. The van der Waals surface area contributed by atoms with Gasteiger partial charge in [-0.15, -0.1) is 0 Å². The molecule has 1 aliphatic rings. The highest BCUT2D eigenvalue weighted by molar-refractivity contribution is 6.06. The van der Waals surface area contributed by atoms with Crippen molar-refractivity contribution in [1.29, 1.82) is 5.26 Å². The van der Waals surface area contributed by atoms with Crippen molar-refractivity contribution in [2.75, 3.05) is 18.4 Å². The van der Waals surface area contributed by atoms with Crippen molar-refractivity contribution in [1.82, 2.24) is 4.90 Å². The molecule has 5 nitrogen and oxygen atoms in total. The fourth-order valence-electron chi connectivity index (χ4n) is 3.18. The number of carbonyl (C=O) groups excluding carboxylic acids is 2. The number of likely N-dealkylation sites (tertiary alicyclic amines) is 1. The van der Waals surface area contributed by atoms with Crippen molar-refractivity contribution < 1.29 is 9.59 Å². The molecule has 0 bridgehead atoms. The van der Waals surface area contributed by atoms with E-state index in [1.807, 2.05) is 11.0 Å². The van der Waals surface area contributed by atoms with Crippen molar-refractivity contribution in [2.24, 2.45) is 5.92 Å². The van der Waals surface area contributed by atoms with Crippen LogP contribution in [0.3, 0.4) is 0 Å². The van der Waals surface area contributed by atoms with E-state index in [0.717, 1.165) is 25.9 Å². The molecule has 0 aliphatic carbocycles. The average Bonchev–Trinajstić information content (AvgIpc) is 2.68. The molecule has 0 spiro atoms. The van der Waals surface area contributed by atoms with Crippen molar-refractivity contribution in [3.05, 3.63) is 65.2 Å². The Morgan fingerprint density at radius 1 is 1.15 bits per heavy atom. The largest absolute Gasteiger partial charge is 0.338 e. The maximum atomic E-state index is 12.7. The van der Waals surface area contributed by atoms with E-state index in [1.165, 1.54) is 0 Å². The summed E-state index contributed by atoms with van der Waals surface area (Å²) >= 11 is 0. The normalized spacial score (nSPS) is 16.6. The van der Waals surface area contributed by atoms with Gasteiger partial charge in [-0.2, -0.15) is 5.26 Å². The van der Waals surface area contributed by atoms with Crippen molar-refractivity contribution in [3.8, 4) is 6.07 Å². The summed E-state index contributed by atoms with van der Waals surface area (Å²) in [7, 11) is 0. The minimum absolute atomic E-state index is 0.0235. The van der Waals surface area contributed by atoms with Gasteiger partial charge in [-0.25, -0.2) is 0 Å². The smallest absolute Gasteiger partial charge is 0.255 e. The van der Waals surface area contributed by atoms with Crippen LogP contribution in [0, 0.1) is 17.2 Å². The highest BCUT2D eigenvalue weighted by Crippen LogP contribution is 2.19. The monoisotopic (exact) mass is 347 g/mol. The molecule has 3 rings (SSSR count). The molecule has 5 heteroatoms. The van der Waals surface area contributed by atoms with Crippen molar-refractivity contribution in [3.63, 3.8) is 0 Å². The Balaban J connectivity index is 1.72. The minimum atomic E-state index is -0.281. The molecular formula is C21H21N3O2. The number of rotatable bonds is 3. The lowest BCUT2D eigenvalue weighted by Gasteiger charge is -2.31. The third-order valence-electron chi connectivity index (χ3n) is 4.59. The van der Waals surface area contributed by atoms with Crippen LogP contribution < -0.4 is 5.32 Å². The molecule has 26 heavy (non-hydrogen) atoms. The summed E-state index contributed by atoms with van der Waals surface area (Å²) in [6.45, 7) is 3.69. The molecule has 0 radical (unpaired) electrons. The van der Waals surface area contributed by atoms with Crippen LogP contribution in [0.2, 0.25) is 0 Å².